The molecule has 0 saturated carbocycles. The van der Waals surface area contributed by atoms with Crippen molar-refractivity contribution in [2.24, 2.45) is 0 Å². The van der Waals surface area contributed by atoms with Crippen LogP contribution in [0.5, 0.6) is 0 Å². The van der Waals surface area contributed by atoms with Crippen molar-refractivity contribution in [3.05, 3.63) is 30.1 Å². The Balaban J connectivity index is 2.73. The molecular weight excluding hydrogens is 216 g/mol. The quantitative estimate of drug-likeness (QED) is 0.702. The standard InChI is InChI=1S/C13H16N2S/c1-13(2,3)11-8-10-9(6-5-7-14-10)12(15-11)16-4/h5-8H,1-4H3. The summed E-state index contributed by atoms with van der Waals surface area (Å²) in [6.07, 6.45) is 3.89. The van der Waals surface area contributed by atoms with Crippen molar-refractivity contribution in [3.63, 3.8) is 0 Å². The maximum atomic E-state index is 4.71. The average molecular weight is 232 g/mol. The summed E-state index contributed by atoms with van der Waals surface area (Å²) in [4.78, 5) is 9.12. The molecule has 2 aromatic heterocycles. The highest BCUT2D eigenvalue weighted by Crippen LogP contribution is 2.28. The smallest absolute Gasteiger partial charge is 0.105 e. The van der Waals surface area contributed by atoms with Crippen LogP contribution in [-0.2, 0) is 5.41 Å². The van der Waals surface area contributed by atoms with Gasteiger partial charge in [-0.2, -0.15) is 0 Å². The van der Waals surface area contributed by atoms with E-state index in [-0.39, 0.29) is 5.41 Å². The number of hydrogen-bond acceptors (Lipinski definition) is 3. The monoisotopic (exact) mass is 232 g/mol. The van der Waals surface area contributed by atoms with E-state index in [2.05, 4.69) is 44.1 Å². The Morgan fingerprint density at radius 1 is 1.25 bits per heavy atom. The molecule has 2 rings (SSSR count). The van der Waals surface area contributed by atoms with Crippen LogP contribution in [0.15, 0.2) is 29.4 Å². The molecule has 0 bridgehead atoms. The first-order valence-electron chi connectivity index (χ1n) is 5.32. The number of thioether (sulfide) groups is 1. The predicted octanol–water partition coefficient (Wildman–Crippen LogP) is 3.65. The largest absolute Gasteiger partial charge is 0.256 e. The van der Waals surface area contributed by atoms with Gasteiger partial charge in [0.15, 0.2) is 0 Å². The van der Waals surface area contributed by atoms with Gasteiger partial charge in [0.25, 0.3) is 0 Å². The Kier molecular flexibility index (Phi) is 2.89. The van der Waals surface area contributed by atoms with E-state index in [4.69, 9.17) is 4.98 Å². The first kappa shape index (κ1) is 11.4. The Morgan fingerprint density at radius 3 is 2.62 bits per heavy atom. The molecule has 3 heteroatoms. The van der Waals surface area contributed by atoms with E-state index in [1.165, 1.54) is 0 Å². The number of nitrogens with zero attached hydrogens (tertiary/aromatic N) is 2. The topological polar surface area (TPSA) is 25.8 Å². The zero-order valence-electron chi connectivity index (χ0n) is 10.1. The maximum absolute atomic E-state index is 4.71. The number of aromatic nitrogens is 2. The van der Waals surface area contributed by atoms with Gasteiger partial charge in [0.2, 0.25) is 0 Å². The summed E-state index contributed by atoms with van der Waals surface area (Å²) in [5.74, 6) is 0. The first-order chi connectivity index (χ1) is 7.52. The summed E-state index contributed by atoms with van der Waals surface area (Å²) in [7, 11) is 0. The highest BCUT2D eigenvalue weighted by molar-refractivity contribution is 7.98. The highest BCUT2D eigenvalue weighted by atomic mass is 32.2. The first-order valence-corrected chi connectivity index (χ1v) is 6.55. The van der Waals surface area contributed by atoms with E-state index < -0.39 is 0 Å². The van der Waals surface area contributed by atoms with Crippen LogP contribution in [0.4, 0.5) is 0 Å². The third-order valence-electron chi connectivity index (χ3n) is 2.53. The van der Waals surface area contributed by atoms with Crippen molar-refractivity contribution in [2.75, 3.05) is 6.26 Å². The van der Waals surface area contributed by atoms with Crippen LogP contribution in [0.3, 0.4) is 0 Å². The molecule has 2 heterocycles. The summed E-state index contributed by atoms with van der Waals surface area (Å²) < 4.78 is 0. The maximum Gasteiger partial charge on any atom is 0.105 e. The van der Waals surface area contributed by atoms with Gasteiger partial charge in [-0.15, -0.1) is 11.8 Å². The fourth-order valence-corrected chi connectivity index (χ4v) is 2.17. The Hall–Kier alpha value is -1.09. The molecule has 16 heavy (non-hydrogen) atoms. The molecule has 0 spiro atoms. The molecule has 0 amide bonds. The van der Waals surface area contributed by atoms with Crippen LogP contribution in [0, 0.1) is 0 Å². The fourth-order valence-electron chi connectivity index (χ4n) is 1.58. The molecule has 0 aromatic carbocycles. The molecule has 0 fully saturated rings. The number of rotatable bonds is 1. The van der Waals surface area contributed by atoms with Crippen LogP contribution >= 0.6 is 11.8 Å². The Morgan fingerprint density at radius 2 is 2.00 bits per heavy atom. The molecule has 0 radical (unpaired) electrons. The van der Waals surface area contributed by atoms with Gasteiger partial charge >= 0.3 is 0 Å². The van der Waals surface area contributed by atoms with Crippen molar-refractivity contribution in [3.8, 4) is 0 Å². The van der Waals surface area contributed by atoms with Gasteiger partial charge in [-0.1, -0.05) is 20.8 Å². The van der Waals surface area contributed by atoms with Crippen LogP contribution in [0.1, 0.15) is 26.5 Å². The second-order valence-electron chi connectivity index (χ2n) is 4.84. The van der Waals surface area contributed by atoms with Gasteiger partial charge in [0.05, 0.1) is 5.52 Å². The van der Waals surface area contributed by atoms with Gasteiger partial charge in [0.1, 0.15) is 5.03 Å². The molecule has 2 nitrogen and oxygen atoms in total. The highest BCUT2D eigenvalue weighted by Gasteiger charge is 2.17. The molecule has 0 unspecified atom stereocenters. The van der Waals surface area contributed by atoms with E-state index >= 15 is 0 Å². The minimum atomic E-state index is 0.0657. The zero-order chi connectivity index (χ0) is 11.8. The number of pyridine rings is 2. The van der Waals surface area contributed by atoms with E-state index in [0.717, 1.165) is 21.6 Å². The van der Waals surface area contributed by atoms with Gasteiger partial charge in [-0.25, -0.2) is 4.98 Å². The van der Waals surface area contributed by atoms with E-state index in [0.29, 0.717) is 0 Å². The SMILES string of the molecule is CSc1nc(C(C)(C)C)cc2ncccc12. The lowest BCUT2D eigenvalue weighted by Gasteiger charge is -2.19. The Labute approximate surface area is 101 Å². The summed E-state index contributed by atoms with van der Waals surface area (Å²) >= 11 is 1.68. The number of hydrogen-bond donors (Lipinski definition) is 0. The summed E-state index contributed by atoms with van der Waals surface area (Å²) in [6.45, 7) is 6.52. The average Bonchev–Trinajstić information content (AvgIpc) is 2.26. The van der Waals surface area contributed by atoms with Crippen LogP contribution in [0.2, 0.25) is 0 Å². The second-order valence-corrected chi connectivity index (χ2v) is 5.63. The second kappa shape index (κ2) is 4.06. The van der Waals surface area contributed by atoms with E-state index in [1.807, 2.05) is 12.3 Å². The zero-order valence-corrected chi connectivity index (χ0v) is 10.9. The normalized spacial score (nSPS) is 12.0. The van der Waals surface area contributed by atoms with Crippen molar-refractivity contribution in [2.45, 2.75) is 31.2 Å². The fraction of sp³-hybridized carbons (Fsp3) is 0.385. The molecule has 0 saturated heterocycles. The van der Waals surface area contributed by atoms with Crippen molar-refractivity contribution < 1.29 is 0 Å². The molecule has 0 aliphatic carbocycles. The minimum Gasteiger partial charge on any atom is -0.256 e. The summed E-state index contributed by atoms with van der Waals surface area (Å²) in [6, 6.07) is 6.13. The van der Waals surface area contributed by atoms with Crippen molar-refractivity contribution in [1.82, 2.24) is 9.97 Å². The molecule has 0 N–H and O–H groups in total. The lowest BCUT2D eigenvalue weighted by molar-refractivity contribution is 0.565. The molecule has 2 aromatic rings. The minimum absolute atomic E-state index is 0.0657. The lowest BCUT2D eigenvalue weighted by Crippen LogP contribution is -2.14. The van der Waals surface area contributed by atoms with E-state index in [1.54, 1.807) is 11.8 Å². The van der Waals surface area contributed by atoms with Gasteiger partial charge in [0, 0.05) is 22.7 Å². The number of fused-ring (bicyclic) bond motifs is 1. The molecular formula is C13H16N2S. The third kappa shape index (κ3) is 2.05. The summed E-state index contributed by atoms with van der Waals surface area (Å²) in [5, 5.41) is 2.21. The van der Waals surface area contributed by atoms with Crippen molar-refractivity contribution >= 4 is 22.7 Å². The van der Waals surface area contributed by atoms with Crippen LogP contribution < -0.4 is 0 Å². The molecule has 0 atom stereocenters. The van der Waals surface area contributed by atoms with Gasteiger partial charge in [-0.3, -0.25) is 4.98 Å². The van der Waals surface area contributed by atoms with Crippen LogP contribution in [-0.4, -0.2) is 16.2 Å². The van der Waals surface area contributed by atoms with Gasteiger partial charge in [-0.05, 0) is 24.5 Å². The summed E-state index contributed by atoms with van der Waals surface area (Å²) in [5.41, 5.74) is 2.20. The Bertz CT molecular complexity index is 515. The lowest BCUT2D eigenvalue weighted by atomic mass is 9.91. The molecule has 0 aliphatic heterocycles. The van der Waals surface area contributed by atoms with Crippen molar-refractivity contribution in [1.29, 1.82) is 0 Å². The van der Waals surface area contributed by atoms with Crippen LogP contribution in [0.25, 0.3) is 10.9 Å². The molecule has 84 valence electrons. The third-order valence-corrected chi connectivity index (χ3v) is 3.22. The predicted molar refractivity (Wildman–Crippen MR) is 70.0 cm³/mol. The van der Waals surface area contributed by atoms with Gasteiger partial charge < -0.3 is 0 Å². The van der Waals surface area contributed by atoms with E-state index in [9.17, 15) is 0 Å². The molecule has 0 aliphatic rings.